The summed E-state index contributed by atoms with van der Waals surface area (Å²) in [5.41, 5.74) is -0.998. The number of aromatic nitrogens is 2. The van der Waals surface area contributed by atoms with Gasteiger partial charge >= 0.3 is 5.97 Å². The number of amides is 2. The summed E-state index contributed by atoms with van der Waals surface area (Å²) in [6.07, 6.45) is 6.14. The van der Waals surface area contributed by atoms with Gasteiger partial charge in [0, 0.05) is 17.8 Å². The first-order chi connectivity index (χ1) is 15.3. The molecule has 32 heavy (non-hydrogen) atoms. The van der Waals surface area contributed by atoms with Gasteiger partial charge in [0.1, 0.15) is 17.1 Å². The van der Waals surface area contributed by atoms with Crippen molar-refractivity contribution in [3.63, 3.8) is 0 Å². The van der Waals surface area contributed by atoms with Gasteiger partial charge in [-0.15, -0.1) is 0 Å². The summed E-state index contributed by atoms with van der Waals surface area (Å²) < 4.78 is 20.1. The summed E-state index contributed by atoms with van der Waals surface area (Å²) >= 11 is 0. The maximum atomic E-state index is 14.1. The first kappa shape index (κ1) is 22.0. The van der Waals surface area contributed by atoms with E-state index in [9.17, 15) is 18.8 Å². The van der Waals surface area contributed by atoms with Crippen LogP contribution >= 0.6 is 0 Å². The maximum Gasteiger partial charge on any atom is 0.358 e. The Morgan fingerprint density at radius 2 is 1.91 bits per heavy atom. The lowest BCUT2D eigenvalue weighted by Crippen LogP contribution is -2.65. The minimum atomic E-state index is -1.37. The van der Waals surface area contributed by atoms with Crippen molar-refractivity contribution >= 4 is 23.5 Å². The van der Waals surface area contributed by atoms with Gasteiger partial charge in [0.2, 0.25) is 5.91 Å². The number of carbonyl (C=O) groups excluding carboxylic acids is 3. The first-order valence-corrected chi connectivity index (χ1v) is 10.9. The Bertz CT molecular complexity index is 1040. The number of ether oxygens (including phenoxy) is 1. The molecule has 2 aromatic rings. The third-order valence-corrected chi connectivity index (χ3v) is 6.29. The highest BCUT2D eigenvalue weighted by Crippen LogP contribution is 2.33. The van der Waals surface area contributed by atoms with E-state index in [1.807, 2.05) is 0 Å². The van der Waals surface area contributed by atoms with E-state index < -0.39 is 23.2 Å². The van der Waals surface area contributed by atoms with Gasteiger partial charge < -0.3 is 10.1 Å². The number of fused-ring (bicyclic) bond motifs is 1. The van der Waals surface area contributed by atoms with Gasteiger partial charge in [-0.25, -0.2) is 9.18 Å². The van der Waals surface area contributed by atoms with Gasteiger partial charge in [-0.2, -0.15) is 5.10 Å². The quantitative estimate of drug-likeness (QED) is 0.580. The van der Waals surface area contributed by atoms with Crippen LogP contribution in [0, 0.1) is 5.82 Å². The van der Waals surface area contributed by atoms with E-state index in [0.717, 1.165) is 38.5 Å². The zero-order chi connectivity index (χ0) is 22.9. The second-order valence-electron chi connectivity index (χ2n) is 8.62. The molecule has 1 atom stereocenters. The van der Waals surface area contributed by atoms with Gasteiger partial charge in [0.05, 0.1) is 13.7 Å². The molecule has 9 heteroatoms. The molecule has 1 aliphatic heterocycles. The van der Waals surface area contributed by atoms with E-state index in [4.69, 9.17) is 4.74 Å². The van der Waals surface area contributed by atoms with Crippen LogP contribution in [-0.2, 0) is 16.1 Å². The Balaban J connectivity index is 1.74. The monoisotopic (exact) mass is 442 g/mol. The average molecular weight is 442 g/mol. The maximum absolute atomic E-state index is 14.1. The number of benzene rings is 1. The molecule has 4 rings (SSSR count). The second kappa shape index (κ2) is 8.72. The molecule has 0 spiro atoms. The summed E-state index contributed by atoms with van der Waals surface area (Å²) in [6.45, 7) is 1.66. The standard InChI is InChI=1S/C23H27FN4O4/c1-23(22(31)25-16-9-5-3-4-6-10-16)14-27-19(13-18(26-27)21(30)32-2)20(29)28(23)17-11-7-8-15(24)12-17/h7-8,11-13,16H,3-6,9-10,14H2,1-2H3,(H,25,31)/t23-/m1/s1. The van der Waals surface area contributed by atoms with Gasteiger partial charge in [-0.1, -0.05) is 31.7 Å². The lowest BCUT2D eigenvalue weighted by atomic mass is 9.93. The van der Waals surface area contributed by atoms with Crippen LogP contribution in [0.1, 0.15) is 66.4 Å². The summed E-state index contributed by atoms with van der Waals surface area (Å²) in [4.78, 5) is 40.4. The Kier molecular flexibility index (Phi) is 5.99. The van der Waals surface area contributed by atoms with Gasteiger partial charge in [0.15, 0.2) is 5.69 Å². The molecule has 8 nitrogen and oxygen atoms in total. The zero-order valence-electron chi connectivity index (χ0n) is 18.3. The molecule has 0 saturated heterocycles. The predicted octanol–water partition coefficient (Wildman–Crippen LogP) is 3.07. The van der Waals surface area contributed by atoms with Crippen LogP contribution < -0.4 is 10.2 Å². The highest BCUT2D eigenvalue weighted by atomic mass is 19.1. The molecule has 1 aromatic carbocycles. The first-order valence-electron chi connectivity index (χ1n) is 10.9. The second-order valence-corrected chi connectivity index (χ2v) is 8.62. The number of anilines is 1. The SMILES string of the molecule is COC(=O)c1cc2n(n1)C[C@](C)(C(=O)NC1CCCCCC1)N(c1cccc(F)c1)C2=O. The molecule has 0 unspecified atom stereocenters. The molecule has 2 aliphatic rings. The van der Waals surface area contributed by atoms with Gasteiger partial charge in [0.25, 0.3) is 5.91 Å². The van der Waals surface area contributed by atoms with Crippen molar-refractivity contribution in [2.45, 2.75) is 63.6 Å². The third-order valence-electron chi connectivity index (χ3n) is 6.29. The van der Waals surface area contributed by atoms with E-state index >= 15 is 0 Å². The predicted molar refractivity (Wildman–Crippen MR) is 115 cm³/mol. The number of methoxy groups -OCH3 is 1. The Labute approximate surface area is 185 Å². The highest BCUT2D eigenvalue weighted by molar-refractivity contribution is 6.12. The Hall–Kier alpha value is -3.23. The fourth-order valence-corrected chi connectivity index (χ4v) is 4.57. The lowest BCUT2D eigenvalue weighted by Gasteiger charge is -2.43. The number of hydrogen-bond donors (Lipinski definition) is 1. The van der Waals surface area contributed by atoms with Crippen molar-refractivity contribution in [3.8, 4) is 0 Å². The van der Waals surface area contributed by atoms with Crippen molar-refractivity contribution in [1.29, 1.82) is 0 Å². The number of hydrogen-bond acceptors (Lipinski definition) is 5. The molecule has 0 bridgehead atoms. The van der Waals surface area contributed by atoms with E-state index in [1.165, 1.54) is 41.0 Å². The van der Waals surface area contributed by atoms with Crippen LogP contribution in [0.15, 0.2) is 30.3 Å². The van der Waals surface area contributed by atoms with Crippen LogP contribution in [0.2, 0.25) is 0 Å². The average Bonchev–Trinajstić information content (AvgIpc) is 3.02. The molecule has 170 valence electrons. The number of nitrogens with zero attached hydrogens (tertiary/aromatic N) is 3. The molecule has 1 aromatic heterocycles. The number of rotatable bonds is 4. The molecule has 1 saturated carbocycles. The minimum absolute atomic E-state index is 0.0140. The fraction of sp³-hybridized carbons (Fsp3) is 0.478. The number of carbonyl (C=O) groups is 3. The largest absolute Gasteiger partial charge is 0.464 e. The molecule has 2 amide bonds. The van der Waals surface area contributed by atoms with E-state index in [2.05, 4.69) is 10.4 Å². The van der Waals surface area contributed by atoms with Crippen LogP contribution in [-0.4, -0.2) is 46.3 Å². The highest BCUT2D eigenvalue weighted by Gasteiger charge is 2.49. The number of nitrogens with one attached hydrogen (secondary N) is 1. The molecule has 1 fully saturated rings. The van der Waals surface area contributed by atoms with Crippen molar-refractivity contribution in [2.24, 2.45) is 0 Å². The van der Waals surface area contributed by atoms with Crippen molar-refractivity contribution in [3.05, 3.63) is 47.5 Å². The van der Waals surface area contributed by atoms with E-state index in [0.29, 0.717) is 0 Å². The van der Waals surface area contributed by atoms with Crippen LogP contribution in [0.5, 0.6) is 0 Å². The lowest BCUT2D eigenvalue weighted by molar-refractivity contribution is -0.127. The molecule has 1 N–H and O–H groups in total. The molecular formula is C23H27FN4O4. The van der Waals surface area contributed by atoms with Gasteiger partial charge in [-0.3, -0.25) is 19.2 Å². The molecular weight excluding hydrogens is 415 g/mol. The van der Waals surface area contributed by atoms with Crippen LogP contribution in [0.25, 0.3) is 0 Å². The van der Waals surface area contributed by atoms with Gasteiger partial charge in [-0.05, 0) is 38.0 Å². The van der Waals surface area contributed by atoms with Crippen LogP contribution in [0.3, 0.4) is 0 Å². The summed E-state index contributed by atoms with van der Waals surface area (Å²) in [5.74, 6) is -2.07. The molecule has 0 radical (unpaired) electrons. The smallest absolute Gasteiger partial charge is 0.358 e. The molecule has 1 aliphatic carbocycles. The number of halogens is 1. The van der Waals surface area contributed by atoms with Crippen molar-refractivity contribution in [1.82, 2.24) is 15.1 Å². The van der Waals surface area contributed by atoms with Crippen LogP contribution in [0.4, 0.5) is 10.1 Å². The van der Waals surface area contributed by atoms with E-state index in [1.54, 1.807) is 13.0 Å². The van der Waals surface area contributed by atoms with Crippen molar-refractivity contribution < 1.29 is 23.5 Å². The van der Waals surface area contributed by atoms with E-state index in [-0.39, 0.29) is 35.6 Å². The summed E-state index contributed by atoms with van der Waals surface area (Å²) in [6, 6.07) is 6.95. The molecule has 2 heterocycles. The summed E-state index contributed by atoms with van der Waals surface area (Å²) in [5, 5.41) is 7.31. The normalized spacial score (nSPS) is 21.6. The summed E-state index contributed by atoms with van der Waals surface area (Å²) in [7, 11) is 1.23. The number of esters is 1. The Morgan fingerprint density at radius 3 is 2.56 bits per heavy atom. The fourth-order valence-electron chi connectivity index (χ4n) is 4.57. The zero-order valence-corrected chi connectivity index (χ0v) is 18.3. The topological polar surface area (TPSA) is 93.5 Å². The minimum Gasteiger partial charge on any atom is -0.464 e. The van der Waals surface area contributed by atoms with Crippen molar-refractivity contribution in [2.75, 3.05) is 12.0 Å². The Morgan fingerprint density at radius 1 is 1.19 bits per heavy atom. The third kappa shape index (κ3) is 3.99.